The SMILES string of the molecule is C=C(C)N(/C=C(C)/C(=C\C)Cc1cc(CC)cc(CCc2csc(-c3ccccc3)n2)c1C)/N=C(\C)SC. The molecule has 3 rings (SSSR count). The molecule has 2 aromatic carbocycles. The molecule has 3 nitrogen and oxygen atoms in total. The van der Waals surface area contributed by atoms with Gasteiger partial charge in [0.1, 0.15) is 5.01 Å². The van der Waals surface area contributed by atoms with E-state index in [4.69, 9.17) is 10.1 Å². The van der Waals surface area contributed by atoms with Crippen LogP contribution in [-0.4, -0.2) is 21.3 Å². The van der Waals surface area contributed by atoms with Gasteiger partial charge in [-0.05, 0) is 100.0 Å². The van der Waals surface area contributed by atoms with E-state index in [9.17, 15) is 0 Å². The van der Waals surface area contributed by atoms with E-state index in [1.165, 1.54) is 44.7 Å². The minimum atomic E-state index is 0.898. The summed E-state index contributed by atoms with van der Waals surface area (Å²) in [6, 6.07) is 15.2. The second-order valence-electron chi connectivity index (χ2n) is 9.61. The predicted octanol–water partition coefficient (Wildman–Crippen LogP) is 9.39. The molecule has 0 N–H and O–H groups in total. The van der Waals surface area contributed by atoms with Crippen molar-refractivity contribution in [3.63, 3.8) is 0 Å². The Morgan fingerprint density at radius 1 is 1.11 bits per heavy atom. The van der Waals surface area contributed by atoms with E-state index in [2.05, 4.69) is 88.3 Å². The van der Waals surface area contributed by atoms with Gasteiger partial charge in [-0.3, -0.25) is 0 Å². The quantitative estimate of drug-likeness (QED) is 0.104. The summed E-state index contributed by atoms with van der Waals surface area (Å²) < 4.78 is 0. The lowest BCUT2D eigenvalue weighted by Gasteiger charge is -2.19. The van der Waals surface area contributed by atoms with Gasteiger partial charge in [-0.15, -0.1) is 23.1 Å². The van der Waals surface area contributed by atoms with Crippen LogP contribution in [-0.2, 0) is 25.7 Å². The fourth-order valence-electron chi connectivity index (χ4n) is 4.31. The molecule has 0 saturated heterocycles. The number of aryl methyl sites for hydroxylation is 3. The zero-order valence-corrected chi connectivity index (χ0v) is 25.6. The Hall–Kier alpha value is -2.89. The highest BCUT2D eigenvalue weighted by Crippen LogP contribution is 2.27. The Balaban J connectivity index is 1.81. The molecule has 0 atom stereocenters. The van der Waals surface area contributed by atoms with Gasteiger partial charge in [0, 0.05) is 22.8 Å². The standard InChI is InChI=1S/C33H41N3S2/c1-9-27-18-30(16-17-32-22-38-33(34-32)29-14-12-11-13-15-29)25(6)31(19-27)20-28(10-2)24(5)21-36(23(3)4)35-26(7)37-8/h10-15,18-19,21-22H,3,9,16-17,20H2,1-2,4-8H3/b24-21+,28-10-,35-26+. The van der Waals surface area contributed by atoms with Crippen LogP contribution < -0.4 is 0 Å². The molecule has 38 heavy (non-hydrogen) atoms. The van der Waals surface area contributed by atoms with Crippen LogP contribution in [0.5, 0.6) is 0 Å². The van der Waals surface area contributed by atoms with Gasteiger partial charge in [0.15, 0.2) is 0 Å². The van der Waals surface area contributed by atoms with Crippen LogP contribution in [0.1, 0.15) is 62.6 Å². The van der Waals surface area contributed by atoms with E-state index in [-0.39, 0.29) is 0 Å². The summed E-state index contributed by atoms with van der Waals surface area (Å²) in [6.07, 6.45) is 10.2. The molecule has 0 radical (unpaired) electrons. The molecule has 5 heteroatoms. The van der Waals surface area contributed by atoms with Crippen LogP contribution >= 0.6 is 23.1 Å². The fourth-order valence-corrected chi connectivity index (χ4v) is 5.34. The Morgan fingerprint density at radius 3 is 2.45 bits per heavy atom. The summed E-state index contributed by atoms with van der Waals surface area (Å²) in [5.74, 6) is 0. The fraction of sp³-hybridized carbons (Fsp3) is 0.333. The van der Waals surface area contributed by atoms with E-state index in [0.29, 0.717) is 0 Å². The Labute approximate surface area is 238 Å². The van der Waals surface area contributed by atoms with Gasteiger partial charge in [0.2, 0.25) is 0 Å². The molecule has 1 heterocycles. The molecule has 0 fully saturated rings. The third kappa shape index (κ3) is 8.05. The first-order valence-electron chi connectivity index (χ1n) is 13.2. The highest BCUT2D eigenvalue weighted by Gasteiger charge is 2.12. The maximum atomic E-state index is 4.92. The normalized spacial score (nSPS) is 12.7. The van der Waals surface area contributed by atoms with Gasteiger partial charge < -0.3 is 0 Å². The number of hydrogen-bond donors (Lipinski definition) is 0. The number of hydrazone groups is 1. The second kappa shape index (κ2) is 14.3. The van der Waals surface area contributed by atoms with Gasteiger partial charge in [0.05, 0.1) is 10.7 Å². The molecule has 200 valence electrons. The van der Waals surface area contributed by atoms with Crippen LogP contribution in [0.2, 0.25) is 0 Å². The Morgan fingerprint density at radius 2 is 1.82 bits per heavy atom. The zero-order valence-electron chi connectivity index (χ0n) is 24.0. The number of hydrogen-bond acceptors (Lipinski definition) is 5. The molecular formula is C33H41N3S2. The van der Waals surface area contributed by atoms with Gasteiger partial charge in [-0.2, -0.15) is 5.10 Å². The molecule has 0 aliphatic rings. The number of thiazole rings is 1. The molecule has 0 saturated carbocycles. The lowest BCUT2D eigenvalue weighted by molar-refractivity contribution is 0.499. The number of nitrogens with zero attached hydrogens (tertiary/aromatic N) is 3. The first-order valence-corrected chi connectivity index (χ1v) is 15.3. The maximum Gasteiger partial charge on any atom is 0.123 e. The third-order valence-electron chi connectivity index (χ3n) is 6.80. The second-order valence-corrected chi connectivity index (χ2v) is 11.5. The highest BCUT2D eigenvalue weighted by atomic mass is 32.2. The summed E-state index contributed by atoms with van der Waals surface area (Å²) in [4.78, 5) is 4.92. The zero-order chi connectivity index (χ0) is 27.7. The molecule has 3 aromatic rings. The Bertz CT molecular complexity index is 1330. The molecular weight excluding hydrogens is 503 g/mol. The first-order chi connectivity index (χ1) is 18.2. The van der Waals surface area contributed by atoms with Crippen LogP contribution in [0.4, 0.5) is 0 Å². The highest BCUT2D eigenvalue weighted by molar-refractivity contribution is 8.13. The van der Waals surface area contributed by atoms with E-state index in [1.807, 2.05) is 31.2 Å². The summed E-state index contributed by atoms with van der Waals surface area (Å²) >= 11 is 3.38. The molecule has 0 spiro atoms. The minimum Gasteiger partial charge on any atom is -0.245 e. The summed E-state index contributed by atoms with van der Waals surface area (Å²) in [6.45, 7) is 16.9. The summed E-state index contributed by atoms with van der Waals surface area (Å²) in [7, 11) is 0. The van der Waals surface area contributed by atoms with Crippen LogP contribution in [0.25, 0.3) is 10.6 Å². The van der Waals surface area contributed by atoms with Gasteiger partial charge >= 0.3 is 0 Å². The number of allylic oxidation sites excluding steroid dienone is 4. The van der Waals surface area contributed by atoms with Crippen molar-refractivity contribution in [1.29, 1.82) is 0 Å². The van der Waals surface area contributed by atoms with Crippen molar-refractivity contribution in [2.45, 2.75) is 67.2 Å². The van der Waals surface area contributed by atoms with Crippen molar-refractivity contribution in [3.8, 4) is 10.6 Å². The molecule has 0 aliphatic carbocycles. The van der Waals surface area contributed by atoms with Crippen molar-refractivity contribution in [1.82, 2.24) is 9.99 Å². The van der Waals surface area contributed by atoms with Crippen molar-refractivity contribution in [2.75, 3.05) is 6.26 Å². The summed E-state index contributed by atoms with van der Waals surface area (Å²) in [5.41, 5.74) is 11.4. The number of thioether (sulfide) groups is 1. The lowest BCUT2D eigenvalue weighted by atomic mass is 9.89. The van der Waals surface area contributed by atoms with Crippen LogP contribution in [0.3, 0.4) is 0 Å². The topological polar surface area (TPSA) is 28.5 Å². The number of aromatic nitrogens is 1. The van der Waals surface area contributed by atoms with Crippen molar-refractivity contribution >= 4 is 28.1 Å². The molecule has 0 aliphatic heterocycles. The van der Waals surface area contributed by atoms with Crippen molar-refractivity contribution in [3.05, 3.63) is 111 Å². The van der Waals surface area contributed by atoms with Crippen molar-refractivity contribution < 1.29 is 0 Å². The van der Waals surface area contributed by atoms with E-state index in [0.717, 1.165) is 41.4 Å². The van der Waals surface area contributed by atoms with Gasteiger partial charge in [0.25, 0.3) is 0 Å². The molecule has 1 aromatic heterocycles. The van der Waals surface area contributed by atoms with E-state index in [1.54, 1.807) is 23.1 Å². The lowest BCUT2D eigenvalue weighted by Crippen LogP contribution is -2.10. The molecule has 0 bridgehead atoms. The van der Waals surface area contributed by atoms with Gasteiger partial charge in [-0.1, -0.05) is 62.0 Å². The smallest absolute Gasteiger partial charge is 0.123 e. The average Bonchev–Trinajstić information content (AvgIpc) is 3.40. The van der Waals surface area contributed by atoms with Crippen LogP contribution in [0.15, 0.2) is 88.6 Å². The van der Waals surface area contributed by atoms with Crippen molar-refractivity contribution in [2.24, 2.45) is 5.10 Å². The van der Waals surface area contributed by atoms with Gasteiger partial charge in [-0.25, -0.2) is 9.99 Å². The largest absolute Gasteiger partial charge is 0.245 e. The number of benzene rings is 2. The predicted molar refractivity (Wildman–Crippen MR) is 170 cm³/mol. The first kappa shape index (κ1) is 29.7. The summed E-state index contributed by atoms with van der Waals surface area (Å²) in [5, 5.41) is 10.9. The Kier molecular flexibility index (Phi) is 11.2. The van der Waals surface area contributed by atoms with E-state index < -0.39 is 0 Å². The monoisotopic (exact) mass is 543 g/mol. The van der Waals surface area contributed by atoms with Crippen LogP contribution in [0, 0.1) is 6.92 Å². The third-order valence-corrected chi connectivity index (χ3v) is 8.41. The minimum absolute atomic E-state index is 0.898. The number of rotatable bonds is 11. The van der Waals surface area contributed by atoms with E-state index >= 15 is 0 Å². The maximum absolute atomic E-state index is 4.92. The molecule has 0 unspecified atom stereocenters. The molecule has 0 amide bonds. The average molecular weight is 544 g/mol.